The van der Waals surface area contributed by atoms with E-state index in [0.717, 1.165) is 29.3 Å². The van der Waals surface area contributed by atoms with Crippen molar-refractivity contribution in [3.63, 3.8) is 0 Å². The first-order valence-electron chi connectivity index (χ1n) is 7.81. The van der Waals surface area contributed by atoms with Crippen molar-refractivity contribution in [1.82, 2.24) is 19.3 Å². The Hall–Kier alpha value is -2.88. The molecule has 0 aliphatic rings. The van der Waals surface area contributed by atoms with E-state index >= 15 is 0 Å². The molecule has 0 saturated heterocycles. The third-order valence-corrected chi connectivity index (χ3v) is 4.20. The van der Waals surface area contributed by atoms with E-state index < -0.39 is 0 Å². The van der Waals surface area contributed by atoms with E-state index in [4.69, 9.17) is 5.10 Å². The van der Waals surface area contributed by atoms with Gasteiger partial charge in [-0.2, -0.15) is 5.10 Å². The molecule has 0 amide bonds. The summed E-state index contributed by atoms with van der Waals surface area (Å²) in [4.78, 5) is 4.47. The van der Waals surface area contributed by atoms with Gasteiger partial charge in [0, 0.05) is 31.5 Å². The molecule has 0 aliphatic carbocycles. The smallest absolute Gasteiger partial charge is 0.158 e. The molecule has 0 aliphatic heterocycles. The molecule has 0 radical (unpaired) electrons. The average molecular weight is 302 g/mol. The molecule has 0 spiro atoms. The maximum atomic E-state index is 4.81. The van der Waals surface area contributed by atoms with Crippen molar-refractivity contribution in [2.24, 2.45) is 7.05 Å². The van der Waals surface area contributed by atoms with Gasteiger partial charge in [0.2, 0.25) is 0 Å². The number of rotatable bonds is 3. The fourth-order valence-corrected chi connectivity index (χ4v) is 3.03. The topological polar surface area (TPSA) is 35.6 Å². The molecule has 4 heteroatoms. The van der Waals surface area contributed by atoms with Crippen LogP contribution in [-0.4, -0.2) is 19.3 Å². The Kier molecular flexibility index (Phi) is 3.23. The molecule has 4 nitrogen and oxygen atoms in total. The Morgan fingerprint density at radius 3 is 2.65 bits per heavy atom. The Morgan fingerprint density at radius 2 is 1.87 bits per heavy atom. The van der Waals surface area contributed by atoms with Crippen LogP contribution in [0.5, 0.6) is 0 Å². The minimum Gasteiger partial charge on any atom is -0.333 e. The van der Waals surface area contributed by atoms with Crippen molar-refractivity contribution in [2.45, 2.75) is 13.5 Å². The number of nitrogens with zero attached hydrogens (tertiary/aromatic N) is 4. The van der Waals surface area contributed by atoms with E-state index in [-0.39, 0.29) is 0 Å². The van der Waals surface area contributed by atoms with Gasteiger partial charge in [0.05, 0.1) is 5.69 Å². The Labute approximate surface area is 135 Å². The summed E-state index contributed by atoms with van der Waals surface area (Å²) < 4.78 is 4.04. The molecule has 2 aromatic heterocycles. The third-order valence-electron chi connectivity index (χ3n) is 4.20. The van der Waals surface area contributed by atoms with Crippen LogP contribution in [0.1, 0.15) is 6.92 Å². The standard InChI is InChI=1S/C19H18N4/c1-3-23-18(19-20-11-12-22(19)2)13-17(21-23)16-10-6-8-14-7-4-5-9-15(14)16/h4-13H,3H2,1-2H3. The van der Waals surface area contributed by atoms with E-state index in [1.54, 1.807) is 0 Å². The first-order chi connectivity index (χ1) is 11.3. The molecule has 0 unspecified atom stereocenters. The number of benzene rings is 2. The second kappa shape index (κ2) is 5.39. The van der Waals surface area contributed by atoms with Crippen molar-refractivity contribution < 1.29 is 0 Å². The summed E-state index contributed by atoms with van der Waals surface area (Å²) in [5.41, 5.74) is 3.19. The van der Waals surface area contributed by atoms with Gasteiger partial charge in [-0.1, -0.05) is 42.5 Å². The van der Waals surface area contributed by atoms with Crippen molar-refractivity contribution in [1.29, 1.82) is 0 Å². The Morgan fingerprint density at radius 1 is 1.04 bits per heavy atom. The summed E-state index contributed by atoms with van der Waals surface area (Å²) in [5.74, 6) is 0.936. The van der Waals surface area contributed by atoms with E-state index in [1.165, 1.54) is 10.8 Å². The lowest BCUT2D eigenvalue weighted by Gasteiger charge is -2.04. The normalized spacial score (nSPS) is 11.2. The number of fused-ring (bicyclic) bond motifs is 1. The van der Waals surface area contributed by atoms with Gasteiger partial charge in [0.25, 0.3) is 0 Å². The summed E-state index contributed by atoms with van der Waals surface area (Å²) in [5, 5.41) is 7.26. The molecule has 2 heterocycles. The molecule has 0 bridgehead atoms. The van der Waals surface area contributed by atoms with E-state index in [9.17, 15) is 0 Å². The van der Waals surface area contributed by atoms with Crippen LogP contribution < -0.4 is 0 Å². The number of imidazole rings is 1. The number of aromatic nitrogens is 4. The maximum Gasteiger partial charge on any atom is 0.158 e. The minimum absolute atomic E-state index is 0.812. The van der Waals surface area contributed by atoms with E-state index in [1.807, 2.05) is 28.7 Å². The van der Waals surface area contributed by atoms with Crippen LogP contribution in [0, 0.1) is 0 Å². The summed E-state index contributed by atoms with van der Waals surface area (Å²) >= 11 is 0. The molecule has 2 aromatic carbocycles. The second-order valence-corrected chi connectivity index (χ2v) is 5.62. The van der Waals surface area contributed by atoms with Gasteiger partial charge in [-0.3, -0.25) is 4.68 Å². The molecule has 0 saturated carbocycles. The lowest BCUT2D eigenvalue weighted by atomic mass is 10.0. The van der Waals surface area contributed by atoms with Crippen molar-refractivity contribution >= 4 is 10.8 Å². The predicted molar refractivity (Wildman–Crippen MR) is 93.0 cm³/mol. The van der Waals surface area contributed by atoms with E-state index in [0.29, 0.717) is 0 Å². The number of aryl methyl sites for hydroxylation is 2. The van der Waals surface area contributed by atoms with Gasteiger partial charge in [-0.05, 0) is 23.8 Å². The van der Waals surface area contributed by atoms with Gasteiger partial charge in [-0.25, -0.2) is 4.98 Å². The zero-order valence-corrected chi connectivity index (χ0v) is 13.3. The van der Waals surface area contributed by atoms with Crippen LogP contribution in [-0.2, 0) is 13.6 Å². The highest BCUT2D eigenvalue weighted by molar-refractivity contribution is 5.96. The number of hydrogen-bond acceptors (Lipinski definition) is 2. The Bertz CT molecular complexity index is 973. The zero-order valence-electron chi connectivity index (χ0n) is 13.3. The van der Waals surface area contributed by atoms with Crippen LogP contribution in [0.15, 0.2) is 60.9 Å². The van der Waals surface area contributed by atoms with Crippen LogP contribution >= 0.6 is 0 Å². The second-order valence-electron chi connectivity index (χ2n) is 5.62. The molecular formula is C19H18N4. The van der Waals surface area contributed by atoms with Crippen molar-refractivity contribution in [3.05, 3.63) is 60.9 Å². The summed E-state index contributed by atoms with van der Waals surface area (Å²) in [6.45, 7) is 2.92. The predicted octanol–water partition coefficient (Wildman–Crippen LogP) is 4.12. The van der Waals surface area contributed by atoms with Crippen molar-refractivity contribution in [3.8, 4) is 22.8 Å². The fraction of sp³-hybridized carbons (Fsp3) is 0.158. The lowest BCUT2D eigenvalue weighted by molar-refractivity contribution is 0.663. The van der Waals surface area contributed by atoms with Gasteiger partial charge >= 0.3 is 0 Å². The molecule has 23 heavy (non-hydrogen) atoms. The van der Waals surface area contributed by atoms with Crippen LogP contribution in [0.25, 0.3) is 33.5 Å². The SMILES string of the molecule is CCn1nc(-c2cccc3ccccc23)cc1-c1nccn1C. The largest absolute Gasteiger partial charge is 0.333 e. The van der Waals surface area contributed by atoms with Crippen LogP contribution in [0.4, 0.5) is 0 Å². The van der Waals surface area contributed by atoms with Gasteiger partial charge < -0.3 is 4.57 Å². The molecule has 0 fully saturated rings. The average Bonchev–Trinajstić information content (AvgIpc) is 3.19. The molecule has 4 rings (SSSR count). The summed E-state index contributed by atoms with van der Waals surface area (Å²) in [7, 11) is 2.01. The molecule has 0 N–H and O–H groups in total. The molecule has 0 atom stereocenters. The first-order valence-corrected chi connectivity index (χ1v) is 7.81. The minimum atomic E-state index is 0.812. The van der Waals surface area contributed by atoms with Crippen LogP contribution in [0.3, 0.4) is 0 Å². The van der Waals surface area contributed by atoms with Crippen molar-refractivity contribution in [2.75, 3.05) is 0 Å². The van der Waals surface area contributed by atoms with Gasteiger partial charge in [0.1, 0.15) is 5.69 Å². The monoisotopic (exact) mass is 302 g/mol. The van der Waals surface area contributed by atoms with Gasteiger partial charge in [0.15, 0.2) is 5.82 Å². The van der Waals surface area contributed by atoms with Crippen LogP contribution in [0.2, 0.25) is 0 Å². The number of hydrogen-bond donors (Lipinski definition) is 0. The lowest BCUT2D eigenvalue weighted by Crippen LogP contribution is -2.02. The van der Waals surface area contributed by atoms with E-state index in [2.05, 4.69) is 60.4 Å². The Balaban J connectivity index is 1.93. The fourth-order valence-electron chi connectivity index (χ4n) is 3.03. The highest BCUT2D eigenvalue weighted by atomic mass is 15.3. The highest BCUT2D eigenvalue weighted by Gasteiger charge is 2.15. The third kappa shape index (κ3) is 2.23. The quantitative estimate of drug-likeness (QED) is 0.570. The highest BCUT2D eigenvalue weighted by Crippen LogP contribution is 2.30. The molecule has 4 aromatic rings. The summed E-state index contributed by atoms with van der Waals surface area (Å²) in [6.07, 6.45) is 3.78. The molecule has 114 valence electrons. The molecular weight excluding hydrogens is 284 g/mol. The first kappa shape index (κ1) is 13.8. The van der Waals surface area contributed by atoms with Gasteiger partial charge in [-0.15, -0.1) is 0 Å². The zero-order chi connectivity index (χ0) is 15.8. The maximum absolute atomic E-state index is 4.81. The summed E-state index contributed by atoms with van der Waals surface area (Å²) in [6, 6.07) is 16.9.